The van der Waals surface area contributed by atoms with Gasteiger partial charge < -0.3 is 10.2 Å². The summed E-state index contributed by atoms with van der Waals surface area (Å²) in [6.07, 6.45) is 6.02. The normalized spacial score (nSPS) is 17.4. The molecule has 0 saturated carbocycles. The van der Waals surface area contributed by atoms with Crippen LogP contribution in [0.5, 0.6) is 0 Å². The third kappa shape index (κ3) is 4.37. The molecule has 4 rings (SSSR count). The molecule has 7 nitrogen and oxygen atoms in total. The highest BCUT2D eigenvalue weighted by Gasteiger charge is 2.36. The number of amides is 1. The van der Waals surface area contributed by atoms with Crippen LogP contribution in [0.2, 0.25) is 0 Å². The van der Waals surface area contributed by atoms with E-state index < -0.39 is 24.3 Å². The van der Waals surface area contributed by atoms with Gasteiger partial charge in [0.15, 0.2) is 0 Å². The Morgan fingerprint density at radius 1 is 1.33 bits per heavy atom. The maximum absolute atomic E-state index is 13.7. The fourth-order valence-corrected chi connectivity index (χ4v) is 3.96. The first-order valence-electron chi connectivity index (χ1n) is 10.7. The molecule has 1 atom stereocenters. The van der Waals surface area contributed by atoms with Crippen LogP contribution in [0.15, 0.2) is 59.7 Å². The fourth-order valence-electron chi connectivity index (χ4n) is 3.96. The van der Waals surface area contributed by atoms with Crippen molar-refractivity contribution in [3.8, 4) is 0 Å². The summed E-state index contributed by atoms with van der Waals surface area (Å²) in [7, 11) is 0. The average Bonchev–Trinajstić information content (AvgIpc) is 3.44. The van der Waals surface area contributed by atoms with Crippen molar-refractivity contribution in [2.45, 2.75) is 46.2 Å². The number of halogens is 3. The summed E-state index contributed by atoms with van der Waals surface area (Å²) in [5, 5.41) is 11.5. The summed E-state index contributed by atoms with van der Waals surface area (Å²) in [5.41, 5.74) is 3.78. The Bertz CT molecular complexity index is 1240. The van der Waals surface area contributed by atoms with E-state index >= 15 is 0 Å². The molecule has 0 radical (unpaired) electrons. The number of pyridine rings is 1. The van der Waals surface area contributed by atoms with Crippen LogP contribution in [0.3, 0.4) is 0 Å². The number of aromatic nitrogens is 4. The van der Waals surface area contributed by atoms with E-state index in [-0.39, 0.29) is 5.69 Å². The number of rotatable bonds is 6. The second-order valence-electron chi connectivity index (χ2n) is 8.02. The molecule has 174 valence electrons. The molecule has 4 heterocycles. The molecular formula is C23H25F3N6O. The highest BCUT2D eigenvalue weighted by molar-refractivity contribution is 5.93. The smallest absolute Gasteiger partial charge is 0.333 e. The number of alkyl halides is 2. The topological polar surface area (TPSA) is 67.5 Å². The Balaban J connectivity index is 1.79. The number of fused-ring (bicyclic) bond motifs is 1. The molecule has 0 aromatic carbocycles. The van der Waals surface area contributed by atoms with Gasteiger partial charge >= 0.3 is 6.55 Å². The first-order valence-corrected chi connectivity index (χ1v) is 10.7. The predicted molar refractivity (Wildman–Crippen MR) is 117 cm³/mol. The molecule has 1 N–H and O–H groups in total. The van der Waals surface area contributed by atoms with Crippen LogP contribution < -0.4 is 5.32 Å². The van der Waals surface area contributed by atoms with Gasteiger partial charge in [-0.15, -0.1) is 0 Å². The zero-order chi connectivity index (χ0) is 23.7. The minimum atomic E-state index is -2.93. The van der Waals surface area contributed by atoms with Gasteiger partial charge in [0.05, 0.1) is 17.3 Å². The van der Waals surface area contributed by atoms with E-state index in [1.165, 1.54) is 40.0 Å². The van der Waals surface area contributed by atoms with Gasteiger partial charge in [0.2, 0.25) is 0 Å². The van der Waals surface area contributed by atoms with Crippen molar-refractivity contribution in [1.29, 1.82) is 0 Å². The largest absolute Gasteiger partial charge is 0.365 e. The summed E-state index contributed by atoms with van der Waals surface area (Å²) in [5.74, 6) is -0.971. The van der Waals surface area contributed by atoms with Gasteiger partial charge in [-0.2, -0.15) is 23.7 Å². The molecule has 0 aliphatic carbocycles. The van der Waals surface area contributed by atoms with Crippen molar-refractivity contribution in [3.63, 3.8) is 0 Å². The minimum absolute atomic E-state index is 0.198. The summed E-state index contributed by atoms with van der Waals surface area (Å²) in [6, 6.07) is 5.02. The molecule has 3 aromatic rings. The Morgan fingerprint density at radius 2 is 2.12 bits per heavy atom. The van der Waals surface area contributed by atoms with Crippen molar-refractivity contribution >= 4 is 11.4 Å². The molecule has 10 heteroatoms. The van der Waals surface area contributed by atoms with Crippen molar-refractivity contribution in [3.05, 3.63) is 76.9 Å². The Kier molecular flexibility index (Phi) is 6.26. The van der Waals surface area contributed by atoms with Crippen LogP contribution in [0.4, 0.5) is 13.2 Å². The molecule has 0 bridgehead atoms. The van der Waals surface area contributed by atoms with Gasteiger partial charge in [-0.1, -0.05) is 12.5 Å². The van der Waals surface area contributed by atoms with Crippen molar-refractivity contribution < 1.29 is 18.0 Å². The van der Waals surface area contributed by atoms with Crippen molar-refractivity contribution in [2.24, 2.45) is 0 Å². The molecular weight excluding hydrogens is 433 g/mol. The summed E-state index contributed by atoms with van der Waals surface area (Å²) >= 11 is 0. The number of hydrogen-bond donors (Lipinski definition) is 1. The lowest BCUT2D eigenvalue weighted by molar-refractivity contribution is 0.0441. The zero-order valence-corrected chi connectivity index (χ0v) is 18.6. The summed E-state index contributed by atoms with van der Waals surface area (Å²) in [4.78, 5) is 14.9. The Morgan fingerprint density at radius 3 is 2.85 bits per heavy atom. The lowest BCUT2D eigenvalue weighted by Gasteiger charge is -2.37. The summed E-state index contributed by atoms with van der Waals surface area (Å²) < 4.78 is 42.5. The molecule has 1 aliphatic rings. The number of carbonyl (C=O) groups is 1. The maximum atomic E-state index is 13.7. The minimum Gasteiger partial charge on any atom is -0.365 e. The maximum Gasteiger partial charge on any atom is 0.333 e. The Hall–Kier alpha value is -3.56. The number of nitrogens with one attached hydrogen (secondary N) is 1. The van der Waals surface area contributed by atoms with E-state index in [1.807, 2.05) is 20.0 Å². The number of hydrogen-bond acceptors (Lipinski definition) is 4. The van der Waals surface area contributed by atoms with Gasteiger partial charge in [0.1, 0.15) is 11.5 Å². The Labute approximate surface area is 189 Å². The fraction of sp³-hybridized carbons (Fsp3) is 0.348. The van der Waals surface area contributed by atoms with Crippen LogP contribution >= 0.6 is 0 Å². The van der Waals surface area contributed by atoms with Crippen LogP contribution in [0.25, 0.3) is 5.52 Å². The molecule has 1 amide bonds. The third-order valence-corrected chi connectivity index (χ3v) is 5.91. The van der Waals surface area contributed by atoms with Crippen LogP contribution in [0, 0.1) is 5.82 Å². The zero-order valence-electron chi connectivity index (χ0n) is 18.6. The molecule has 1 unspecified atom stereocenters. The molecule has 3 aromatic heterocycles. The van der Waals surface area contributed by atoms with Gasteiger partial charge in [-0.25, -0.2) is 8.91 Å². The number of carbonyl (C=O) groups excluding carboxylic acids is 1. The van der Waals surface area contributed by atoms with Crippen molar-refractivity contribution in [2.75, 3.05) is 6.54 Å². The van der Waals surface area contributed by atoms with Crippen LogP contribution in [-0.2, 0) is 0 Å². The summed E-state index contributed by atoms with van der Waals surface area (Å²) in [6.45, 7) is 3.31. The van der Waals surface area contributed by atoms with E-state index in [0.29, 0.717) is 28.9 Å². The number of nitrogens with zero attached hydrogens (tertiary/aromatic N) is 5. The van der Waals surface area contributed by atoms with Crippen LogP contribution in [0.1, 0.15) is 62.4 Å². The van der Waals surface area contributed by atoms with Gasteiger partial charge in [0.25, 0.3) is 5.91 Å². The van der Waals surface area contributed by atoms with Gasteiger partial charge in [-0.3, -0.25) is 4.79 Å². The molecule has 0 saturated heterocycles. The lowest BCUT2D eigenvalue weighted by atomic mass is 9.94. The van der Waals surface area contributed by atoms with E-state index in [1.54, 1.807) is 6.07 Å². The van der Waals surface area contributed by atoms with Gasteiger partial charge in [-0.05, 0) is 56.3 Å². The first kappa shape index (κ1) is 22.6. The highest BCUT2D eigenvalue weighted by Crippen LogP contribution is 2.36. The highest BCUT2D eigenvalue weighted by atomic mass is 19.3. The third-order valence-electron chi connectivity index (χ3n) is 5.91. The van der Waals surface area contributed by atoms with Crippen LogP contribution in [-0.4, -0.2) is 36.7 Å². The van der Waals surface area contributed by atoms with E-state index in [9.17, 15) is 18.0 Å². The first-order chi connectivity index (χ1) is 15.8. The second kappa shape index (κ2) is 9.13. The average molecular weight is 458 g/mol. The monoisotopic (exact) mass is 458 g/mol. The molecule has 0 fully saturated rings. The van der Waals surface area contributed by atoms with E-state index in [2.05, 4.69) is 22.4 Å². The second-order valence-corrected chi connectivity index (χ2v) is 8.02. The van der Waals surface area contributed by atoms with E-state index in [4.69, 9.17) is 0 Å². The van der Waals surface area contributed by atoms with Crippen molar-refractivity contribution in [1.82, 2.24) is 29.6 Å². The van der Waals surface area contributed by atoms with E-state index in [0.717, 1.165) is 23.3 Å². The molecule has 33 heavy (non-hydrogen) atoms. The molecule has 0 spiro atoms. The SMILES string of the molecule is CCC(C)=CNC1=C(C)C(c2cc3cc(F)ccn3n2)N(C(=O)c2ccnn2C(F)F)CC1. The standard InChI is InChI=1S/C23H25F3N6O/c1-4-14(2)13-27-18-7-9-30(22(33)20-5-8-28-32(20)23(25)26)21(15(18)3)19-12-17-11-16(24)6-10-31(17)29-19/h5-6,8,10-13,21,23,27H,4,7,9H2,1-3H3. The quantitative estimate of drug-likeness (QED) is 0.575. The number of allylic oxidation sites excluding steroid dienone is 1. The lowest BCUT2D eigenvalue weighted by Crippen LogP contribution is -2.42. The van der Waals surface area contributed by atoms with Gasteiger partial charge in [0, 0.05) is 31.1 Å². The molecule has 1 aliphatic heterocycles. The predicted octanol–water partition coefficient (Wildman–Crippen LogP) is 4.83.